The van der Waals surface area contributed by atoms with Gasteiger partial charge in [0.2, 0.25) is 0 Å². The van der Waals surface area contributed by atoms with Crippen LogP contribution in [0.1, 0.15) is 52.6 Å². The second-order valence-corrected chi connectivity index (χ2v) is 7.94. The van der Waals surface area contributed by atoms with Crippen molar-refractivity contribution in [2.45, 2.75) is 39.0 Å². The van der Waals surface area contributed by atoms with Gasteiger partial charge in [0.1, 0.15) is 5.82 Å². The largest absolute Gasteiger partial charge is 0.334 e. The van der Waals surface area contributed by atoms with E-state index >= 15 is 0 Å². The maximum absolute atomic E-state index is 13.3. The van der Waals surface area contributed by atoms with Crippen molar-refractivity contribution in [1.29, 1.82) is 0 Å². The number of carbonyl (C=O) groups is 1. The van der Waals surface area contributed by atoms with Crippen LogP contribution in [0.15, 0.2) is 24.3 Å². The van der Waals surface area contributed by atoms with E-state index in [1.807, 2.05) is 43.0 Å². The monoisotopic (exact) mass is 400 g/mol. The summed E-state index contributed by atoms with van der Waals surface area (Å²) in [5, 5.41) is 2.37. The minimum absolute atomic E-state index is 0.0323. The Bertz CT molecular complexity index is 864. The first-order chi connectivity index (χ1) is 13.5. The van der Waals surface area contributed by atoms with Gasteiger partial charge >= 0.3 is 0 Å². The van der Waals surface area contributed by atoms with Crippen molar-refractivity contribution in [3.63, 3.8) is 0 Å². The molecule has 2 heterocycles. The van der Waals surface area contributed by atoms with Gasteiger partial charge in [-0.05, 0) is 50.3 Å². The number of hydrogen-bond donors (Lipinski definition) is 0. The lowest BCUT2D eigenvalue weighted by Gasteiger charge is -2.29. The third-order valence-electron chi connectivity index (χ3n) is 5.47. The van der Waals surface area contributed by atoms with E-state index in [-0.39, 0.29) is 5.91 Å². The molecule has 2 aliphatic rings. The van der Waals surface area contributed by atoms with Crippen molar-refractivity contribution < 1.29 is 9.63 Å². The van der Waals surface area contributed by atoms with Gasteiger partial charge in [0, 0.05) is 35.4 Å². The molecular weight excluding hydrogens is 376 g/mol. The summed E-state index contributed by atoms with van der Waals surface area (Å²) in [6, 6.07) is 7.62. The Hall–Kier alpha value is -2.18. The highest BCUT2D eigenvalue weighted by atomic mass is 35.5. The zero-order valence-corrected chi connectivity index (χ0v) is 17.1. The van der Waals surface area contributed by atoms with E-state index in [4.69, 9.17) is 16.4 Å². The van der Waals surface area contributed by atoms with Crippen molar-refractivity contribution in [3.05, 3.63) is 51.9 Å². The fourth-order valence-corrected chi connectivity index (χ4v) is 3.99. The fourth-order valence-electron chi connectivity index (χ4n) is 3.82. The average molecular weight is 401 g/mol. The maximum Gasteiger partial charge on any atom is 0.254 e. The molecule has 6 nitrogen and oxygen atoms in total. The molecule has 7 heteroatoms. The van der Waals surface area contributed by atoms with Crippen molar-refractivity contribution in [2.24, 2.45) is 0 Å². The molecule has 0 N–H and O–H groups in total. The van der Waals surface area contributed by atoms with Crippen LogP contribution in [0, 0.1) is 13.8 Å². The van der Waals surface area contributed by atoms with Crippen LogP contribution in [0.4, 0.5) is 5.82 Å². The predicted octanol–water partition coefficient (Wildman–Crippen LogP) is 3.91. The highest BCUT2D eigenvalue weighted by molar-refractivity contribution is 6.31. The zero-order chi connectivity index (χ0) is 19.7. The Morgan fingerprint density at radius 1 is 1.14 bits per heavy atom. The van der Waals surface area contributed by atoms with Gasteiger partial charge in [0.25, 0.3) is 5.91 Å². The molecule has 1 aromatic carbocycles. The summed E-state index contributed by atoms with van der Waals surface area (Å²) in [7, 11) is 0. The number of hydrogen-bond acceptors (Lipinski definition) is 5. The van der Waals surface area contributed by atoms with E-state index in [1.165, 1.54) is 6.42 Å². The summed E-state index contributed by atoms with van der Waals surface area (Å²) in [4.78, 5) is 29.8. The van der Waals surface area contributed by atoms with Crippen LogP contribution < -0.4 is 5.06 Å². The molecule has 1 saturated heterocycles. The molecule has 0 bridgehead atoms. The Kier molecular flexibility index (Phi) is 5.51. The summed E-state index contributed by atoms with van der Waals surface area (Å²) in [5.74, 6) is 1.95. The van der Waals surface area contributed by atoms with E-state index in [1.54, 1.807) is 5.06 Å². The zero-order valence-electron chi connectivity index (χ0n) is 16.3. The first-order valence-electron chi connectivity index (χ1n) is 9.83. The lowest BCUT2D eigenvalue weighted by atomic mass is 9.78. The summed E-state index contributed by atoms with van der Waals surface area (Å²) in [5.41, 5.74) is 2.76. The van der Waals surface area contributed by atoms with Gasteiger partial charge in [-0.1, -0.05) is 24.1 Å². The van der Waals surface area contributed by atoms with Crippen LogP contribution >= 0.6 is 11.6 Å². The van der Waals surface area contributed by atoms with E-state index < -0.39 is 0 Å². The summed E-state index contributed by atoms with van der Waals surface area (Å²) < 4.78 is 0. The molecule has 148 valence electrons. The number of halogens is 1. The van der Waals surface area contributed by atoms with Gasteiger partial charge in [0.05, 0.1) is 13.2 Å². The molecule has 1 aliphatic carbocycles. The van der Waals surface area contributed by atoms with Gasteiger partial charge in [-0.25, -0.2) is 15.0 Å². The normalized spacial score (nSPS) is 18.0. The van der Waals surface area contributed by atoms with Gasteiger partial charge in [-0.3, -0.25) is 9.63 Å². The van der Waals surface area contributed by atoms with Crippen molar-refractivity contribution >= 4 is 23.3 Å². The second-order valence-electron chi connectivity index (χ2n) is 7.50. The summed E-state index contributed by atoms with van der Waals surface area (Å²) >= 11 is 6.21. The number of rotatable bonds is 3. The Balaban J connectivity index is 1.51. The van der Waals surface area contributed by atoms with Crippen LogP contribution in [0.2, 0.25) is 5.02 Å². The van der Waals surface area contributed by atoms with E-state index in [9.17, 15) is 4.79 Å². The van der Waals surface area contributed by atoms with Gasteiger partial charge in [-0.2, -0.15) is 0 Å². The molecule has 28 heavy (non-hydrogen) atoms. The van der Waals surface area contributed by atoms with E-state index in [0.717, 1.165) is 35.5 Å². The third kappa shape index (κ3) is 3.98. The number of nitrogens with zero attached hydrogens (tertiary/aromatic N) is 4. The second kappa shape index (κ2) is 8.05. The number of aryl methyl sites for hydroxylation is 2. The van der Waals surface area contributed by atoms with Crippen LogP contribution in [0.5, 0.6) is 0 Å². The minimum Gasteiger partial charge on any atom is -0.334 e. The molecule has 0 atom stereocenters. The van der Waals surface area contributed by atoms with Crippen molar-refractivity contribution in [3.8, 4) is 0 Å². The average Bonchev–Trinajstić information content (AvgIpc) is 2.86. The lowest BCUT2D eigenvalue weighted by Crippen LogP contribution is -2.36. The number of benzene rings is 1. The maximum atomic E-state index is 13.3. The molecular formula is C21H25ClN4O2. The van der Waals surface area contributed by atoms with Gasteiger partial charge in [0.15, 0.2) is 5.82 Å². The first-order valence-corrected chi connectivity index (χ1v) is 10.2. The molecule has 0 radical (unpaired) electrons. The minimum atomic E-state index is 0.0323. The summed E-state index contributed by atoms with van der Waals surface area (Å²) in [6.45, 7) is 5.89. The highest BCUT2D eigenvalue weighted by Crippen LogP contribution is 2.39. The molecule has 2 fully saturated rings. The molecule has 1 aliphatic heterocycles. The number of carbonyl (C=O) groups excluding carboxylic acids is 1. The molecule has 1 amide bonds. The van der Waals surface area contributed by atoms with Crippen molar-refractivity contribution in [2.75, 3.05) is 31.3 Å². The van der Waals surface area contributed by atoms with Crippen molar-refractivity contribution in [1.82, 2.24) is 14.9 Å². The lowest BCUT2D eigenvalue weighted by molar-refractivity contribution is 0.0728. The summed E-state index contributed by atoms with van der Waals surface area (Å²) in [6.07, 6.45) is 3.52. The molecule has 2 aromatic rings. The number of amides is 1. The quantitative estimate of drug-likeness (QED) is 0.781. The molecule has 0 spiro atoms. The Morgan fingerprint density at radius 3 is 2.68 bits per heavy atom. The van der Waals surface area contributed by atoms with Crippen LogP contribution in [-0.2, 0) is 4.84 Å². The first kappa shape index (κ1) is 19.2. The third-order valence-corrected chi connectivity index (χ3v) is 5.70. The smallest absolute Gasteiger partial charge is 0.254 e. The molecule has 1 aromatic heterocycles. The fraction of sp³-hybridized carbons (Fsp3) is 0.476. The van der Waals surface area contributed by atoms with E-state index in [0.29, 0.717) is 43.0 Å². The van der Waals surface area contributed by atoms with Crippen LogP contribution in [-0.4, -0.2) is 47.0 Å². The molecule has 1 saturated carbocycles. The standard InChI is InChI=1S/C21H25ClN4O2/c1-14-12-20(24-15(2)23-14)26-9-8-25(10-11-28-26)21(27)19-13-17(22)6-7-18(19)16-4-3-5-16/h6-7,12-13,16H,3-5,8-11H2,1-2H3. The van der Waals surface area contributed by atoms with E-state index in [2.05, 4.69) is 9.97 Å². The van der Waals surface area contributed by atoms with Gasteiger partial charge in [-0.15, -0.1) is 0 Å². The Labute approximate surface area is 170 Å². The number of aromatic nitrogens is 2. The topological polar surface area (TPSA) is 58.6 Å². The molecule has 4 rings (SSSR count). The predicted molar refractivity (Wildman–Crippen MR) is 109 cm³/mol. The van der Waals surface area contributed by atoms with Crippen LogP contribution in [0.3, 0.4) is 0 Å². The highest BCUT2D eigenvalue weighted by Gasteiger charge is 2.28. The number of hydroxylamine groups is 1. The van der Waals surface area contributed by atoms with Crippen LogP contribution in [0.25, 0.3) is 0 Å². The van der Waals surface area contributed by atoms with Gasteiger partial charge < -0.3 is 4.90 Å². The number of anilines is 1. The SMILES string of the molecule is Cc1cc(N2CCN(C(=O)c3cc(Cl)ccc3C3CCC3)CCO2)nc(C)n1. The molecule has 0 unspecified atom stereocenters. The Morgan fingerprint density at radius 2 is 1.96 bits per heavy atom.